The molecule has 1 aromatic carbocycles. The van der Waals surface area contributed by atoms with Crippen LogP contribution in [0.3, 0.4) is 0 Å². The van der Waals surface area contributed by atoms with E-state index in [1.165, 1.54) is 0 Å². The molecule has 0 saturated carbocycles. The molecule has 0 aliphatic rings. The van der Waals surface area contributed by atoms with Gasteiger partial charge >= 0.3 is 0 Å². The van der Waals surface area contributed by atoms with E-state index in [0.29, 0.717) is 12.2 Å². The molecule has 0 unspecified atom stereocenters. The van der Waals surface area contributed by atoms with Crippen LogP contribution in [-0.2, 0) is 6.54 Å². The van der Waals surface area contributed by atoms with Gasteiger partial charge in [0, 0.05) is 26.0 Å². The number of aromatic nitrogens is 1. The first kappa shape index (κ1) is 13.5. The van der Waals surface area contributed by atoms with E-state index in [0.717, 1.165) is 5.56 Å². The molecule has 19 heavy (non-hydrogen) atoms. The highest BCUT2D eigenvalue weighted by Gasteiger charge is 2.14. The predicted molar refractivity (Wildman–Crippen MR) is 75.2 cm³/mol. The van der Waals surface area contributed by atoms with E-state index in [-0.39, 0.29) is 10.0 Å². The van der Waals surface area contributed by atoms with Crippen LogP contribution in [0.5, 0.6) is 0 Å². The number of halogens is 2. The van der Waals surface area contributed by atoms with Gasteiger partial charge in [-0.25, -0.2) is 4.39 Å². The molecule has 0 radical (unpaired) electrons. The van der Waals surface area contributed by atoms with Crippen LogP contribution in [0.2, 0.25) is 0 Å². The van der Waals surface area contributed by atoms with Crippen molar-refractivity contribution in [3.05, 3.63) is 58.1 Å². The Bertz CT molecular complexity index is 623. The number of anilines is 1. The van der Waals surface area contributed by atoms with Crippen LogP contribution in [0.25, 0.3) is 0 Å². The number of pyridine rings is 1. The summed E-state index contributed by atoms with van der Waals surface area (Å²) in [7, 11) is 1.80. The van der Waals surface area contributed by atoms with Crippen molar-refractivity contribution in [1.29, 1.82) is 5.26 Å². The van der Waals surface area contributed by atoms with Crippen molar-refractivity contribution in [3.63, 3.8) is 0 Å². The third kappa shape index (κ3) is 2.91. The molecule has 0 bridgehead atoms. The molecular weight excluding hydrogens is 309 g/mol. The second-order valence-corrected chi connectivity index (χ2v) is 4.88. The monoisotopic (exact) mass is 319 g/mol. The molecule has 1 heterocycles. The summed E-state index contributed by atoms with van der Waals surface area (Å²) in [6, 6.07) is 8.91. The van der Waals surface area contributed by atoms with E-state index in [1.807, 2.05) is 18.2 Å². The molecule has 3 nitrogen and oxygen atoms in total. The minimum atomic E-state index is -0.426. The quantitative estimate of drug-likeness (QED) is 0.869. The lowest BCUT2D eigenvalue weighted by atomic mass is 10.2. The van der Waals surface area contributed by atoms with Gasteiger partial charge in [0.1, 0.15) is 6.07 Å². The molecule has 0 saturated heterocycles. The number of benzene rings is 1. The van der Waals surface area contributed by atoms with Crippen LogP contribution in [0.15, 0.2) is 41.1 Å². The van der Waals surface area contributed by atoms with Crippen molar-refractivity contribution in [2.45, 2.75) is 6.54 Å². The van der Waals surface area contributed by atoms with Gasteiger partial charge < -0.3 is 4.90 Å². The Kier molecular flexibility index (Phi) is 4.13. The smallest absolute Gasteiger partial charge is 0.161 e. The van der Waals surface area contributed by atoms with Crippen molar-refractivity contribution in [2.75, 3.05) is 11.9 Å². The van der Waals surface area contributed by atoms with E-state index >= 15 is 0 Å². The summed E-state index contributed by atoms with van der Waals surface area (Å²) < 4.78 is 14.3. The summed E-state index contributed by atoms with van der Waals surface area (Å²) in [6.07, 6.45) is 3.44. The Morgan fingerprint density at radius 1 is 1.42 bits per heavy atom. The summed E-state index contributed by atoms with van der Waals surface area (Å²) in [5.41, 5.74) is 1.72. The molecule has 0 aliphatic carbocycles. The Hall–Kier alpha value is -1.93. The maximum Gasteiger partial charge on any atom is 0.161 e. The largest absolute Gasteiger partial charge is 0.368 e. The summed E-state index contributed by atoms with van der Waals surface area (Å²) in [5.74, 6) is -0.426. The second-order valence-electron chi connectivity index (χ2n) is 4.09. The molecule has 96 valence electrons. The maximum atomic E-state index is 14.1. The normalized spacial score (nSPS) is 10.0. The summed E-state index contributed by atoms with van der Waals surface area (Å²) >= 11 is 3.11. The second kappa shape index (κ2) is 5.81. The molecule has 5 heteroatoms. The Labute approximate surface area is 119 Å². The van der Waals surface area contributed by atoms with E-state index in [9.17, 15) is 4.39 Å². The van der Waals surface area contributed by atoms with Crippen LogP contribution in [-0.4, -0.2) is 12.0 Å². The molecule has 0 fully saturated rings. The standard InChI is InChI=1S/C14H11BrFN3/c1-19(9-10-3-2-6-18-8-10)12-5-4-11(7-17)13(15)14(12)16/h2-6,8H,9H2,1H3. The number of nitriles is 1. The van der Waals surface area contributed by atoms with Gasteiger partial charge in [-0.3, -0.25) is 4.98 Å². The van der Waals surface area contributed by atoms with Gasteiger partial charge in [-0.2, -0.15) is 5.26 Å². The van der Waals surface area contributed by atoms with Crippen LogP contribution in [0.4, 0.5) is 10.1 Å². The molecule has 0 atom stereocenters. The van der Waals surface area contributed by atoms with Crippen LogP contribution < -0.4 is 4.90 Å². The predicted octanol–water partition coefficient (Wildman–Crippen LogP) is 3.49. The Morgan fingerprint density at radius 3 is 2.84 bits per heavy atom. The molecule has 1 aromatic heterocycles. The summed E-state index contributed by atoms with van der Waals surface area (Å²) in [6.45, 7) is 0.545. The van der Waals surface area contributed by atoms with Crippen LogP contribution >= 0.6 is 15.9 Å². The molecule has 0 amide bonds. The van der Waals surface area contributed by atoms with E-state index in [4.69, 9.17) is 5.26 Å². The maximum absolute atomic E-state index is 14.1. The minimum Gasteiger partial charge on any atom is -0.368 e. The number of hydrogen-bond acceptors (Lipinski definition) is 3. The van der Waals surface area contributed by atoms with Gasteiger partial charge in [0.15, 0.2) is 5.82 Å². The highest BCUT2D eigenvalue weighted by Crippen LogP contribution is 2.29. The van der Waals surface area contributed by atoms with E-state index in [2.05, 4.69) is 20.9 Å². The molecule has 2 rings (SSSR count). The Morgan fingerprint density at radius 2 is 2.21 bits per heavy atom. The van der Waals surface area contributed by atoms with Gasteiger partial charge in [-0.15, -0.1) is 0 Å². The van der Waals surface area contributed by atoms with Crippen molar-refractivity contribution in [1.82, 2.24) is 4.98 Å². The third-order valence-electron chi connectivity index (χ3n) is 2.74. The third-order valence-corrected chi connectivity index (χ3v) is 3.51. The van der Waals surface area contributed by atoms with E-state index in [1.54, 1.807) is 36.5 Å². The van der Waals surface area contributed by atoms with Gasteiger partial charge in [-0.1, -0.05) is 6.07 Å². The first-order chi connectivity index (χ1) is 9.13. The lowest BCUT2D eigenvalue weighted by Crippen LogP contribution is -2.18. The molecular formula is C14H11BrFN3. The number of rotatable bonds is 3. The van der Waals surface area contributed by atoms with Gasteiger partial charge in [0.05, 0.1) is 15.7 Å². The van der Waals surface area contributed by atoms with Crippen LogP contribution in [0, 0.1) is 17.1 Å². The summed E-state index contributed by atoms with van der Waals surface area (Å²) in [4.78, 5) is 5.80. The van der Waals surface area contributed by atoms with Crippen molar-refractivity contribution >= 4 is 21.6 Å². The zero-order valence-electron chi connectivity index (χ0n) is 10.3. The SMILES string of the molecule is CN(Cc1cccnc1)c1ccc(C#N)c(Br)c1F. The fourth-order valence-electron chi connectivity index (χ4n) is 1.77. The zero-order valence-corrected chi connectivity index (χ0v) is 11.9. The average Bonchev–Trinajstić information content (AvgIpc) is 2.42. The van der Waals surface area contributed by atoms with Gasteiger partial charge in [0.2, 0.25) is 0 Å². The minimum absolute atomic E-state index is 0.200. The lowest BCUT2D eigenvalue weighted by molar-refractivity contribution is 0.615. The first-order valence-electron chi connectivity index (χ1n) is 5.61. The van der Waals surface area contributed by atoms with Gasteiger partial charge in [-0.05, 0) is 39.7 Å². The Balaban J connectivity index is 2.28. The molecule has 0 N–H and O–H groups in total. The van der Waals surface area contributed by atoms with Gasteiger partial charge in [0.25, 0.3) is 0 Å². The van der Waals surface area contributed by atoms with Crippen LogP contribution in [0.1, 0.15) is 11.1 Å². The molecule has 2 aromatic rings. The highest BCUT2D eigenvalue weighted by atomic mass is 79.9. The molecule has 0 spiro atoms. The topological polar surface area (TPSA) is 39.9 Å². The molecule has 0 aliphatic heterocycles. The van der Waals surface area contributed by atoms with Crippen molar-refractivity contribution < 1.29 is 4.39 Å². The first-order valence-corrected chi connectivity index (χ1v) is 6.41. The lowest BCUT2D eigenvalue weighted by Gasteiger charge is -2.20. The summed E-state index contributed by atoms with van der Waals surface area (Å²) in [5, 5.41) is 8.84. The average molecular weight is 320 g/mol. The zero-order chi connectivity index (χ0) is 13.8. The fourth-order valence-corrected chi connectivity index (χ4v) is 2.20. The number of hydrogen-bond donors (Lipinski definition) is 0. The van der Waals surface area contributed by atoms with Crippen molar-refractivity contribution in [2.24, 2.45) is 0 Å². The van der Waals surface area contributed by atoms with Crippen molar-refractivity contribution in [3.8, 4) is 6.07 Å². The highest BCUT2D eigenvalue weighted by molar-refractivity contribution is 9.10. The fraction of sp³-hybridized carbons (Fsp3) is 0.143. The number of nitrogens with zero attached hydrogens (tertiary/aromatic N) is 3. The van der Waals surface area contributed by atoms with E-state index < -0.39 is 5.82 Å².